The zero-order chi connectivity index (χ0) is 14.5. The first kappa shape index (κ1) is 14.6. The van der Waals surface area contributed by atoms with Crippen LogP contribution in [0.5, 0.6) is 0 Å². The van der Waals surface area contributed by atoms with Crippen molar-refractivity contribution >= 4 is 17.5 Å². The lowest BCUT2D eigenvalue weighted by molar-refractivity contribution is -0.135. The maximum Gasteiger partial charge on any atom is 0.233 e. The zero-order valence-corrected chi connectivity index (χ0v) is 12.2. The summed E-state index contributed by atoms with van der Waals surface area (Å²) >= 11 is 0. The van der Waals surface area contributed by atoms with Crippen LogP contribution in [0, 0.1) is 13.8 Å². The van der Waals surface area contributed by atoms with E-state index in [1.807, 2.05) is 32.0 Å². The van der Waals surface area contributed by atoms with Crippen LogP contribution in [0.25, 0.3) is 0 Å². The third-order valence-corrected chi connectivity index (χ3v) is 3.69. The van der Waals surface area contributed by atoms with Gasteiger partial charge >= 0.3 is 0 Å². The summed E-state index contributed by atoms with van der Waals surface area (Å²) in [6.45, 7) is 5.50. The molecular weight excluding hydrogens is 252 g/mol. The Kier molecular flexibility index (Phi) is 4.77. The molecule has 0 saturated carbocycles. The van der Waals surface area contributed by atoms with Crippen LogP contribution in [-0.4, -0.2) is 29.8 Å². The smallest absolute Gasteiger partial charge is 0.233 e. The van der Waals surface area contributed by atoms with Crippen molar-refractivity contribution in [1.29, 1.82) is 0 Å². The molecule has 0 atom stereocenters. The Morgan fingerprint density at radius 3 is 2.55 bits per heavy atom. The highest BCUT2D eigenvalue weighted by molar-refractivity contribution is 6.03. The molecule has 1 N–H and O–H groups in total. The van der Waals surface area contributed by atoms with E-state index in [0.717, 1.165) is 42.7 Å². The predicted octanol–water partition coefficient (Wildman–Crippen LogP) is 2.64. The van der Waals surface area contributed by atoms with Crippen molar-refractivity contribution in [2.75, 3.05) is 18.4 Å². The first-order valence-corrected chi connectivity index (χ1v) is 7.21. The minimum absolute atomic E-state index is 0.0621. The van der Waals surface area contributed by atoms with Crippen molar-refractivity contribution in [2.45, 2.75) is 39.5 Å². The van der Waals surface area contributed by atoms with E-state index < -0.39 is 0 Å². The fourth-order valence-electron chi connectivity index (χ4n) is 2.46. The molecule has 1 aromatic rings. The lowest BCUT2D eigenvalue weighted by Gasteiger charge is -2.26. The van der Waals surface area contributed by atoms with E-state index in [-0.39, 0.29) is 18.2 Å². The molecule has 108 valence electrons. The molecule has 1 aromatic carbocycles. The van der Waals surface area contributed by atoms with Crippen LogP contribution in [-0.2, 0) is 9.59 Å². The number of nitrogens with zero attached hydrogens (tertiary/aromatic N) is 1. The van der Waals surface area contributed by atoms with Gasteiger partial charge in [0.15, 0.2) is 0 Å². The maximum atomic E-state index is 12.0. The standard InChI is InChI=1S/C16H22N2O2/c1-12-6-7-13(2)14(10-12)17-15(19)11-16(20)18-8-4-3-5-9-18/h6-7,10H,3-5,8-9,11H2,1-2H3,(H,17,19). The van der Waals surface area contributed by atoms with Crippen LogP contribution in [0.1, 0.15) is 36.8 Å². The first-order valence-electron chi connectivity index (χ1n) is 7.21. The maximum absolute atomic E-state index is 12.0. The van der Waals surface area contributed by atoms with Crippen molar-refractivity contribution in [1.82, 2.24) is 4.90 Å². The van der Waals surface area contributed by atoms with Gasteiger partial charge in [0.2, 0.25) is 11.8 Å². The SMILES string of the molecule is Cc1ccc(C)c(NC(=O)CC(=O)N2CCCCC2)c1. The Bertz CT molecular complexity index is 505. The Labute approximate surface area is 120 Å². The Morgan fingerprint density at radius 1 is 1.15 bits per heavy atom. The number of hydrogen-bond donors (Lipinski definition) is 1. The van der Waals surface area contributed by atoms with Crippen LogP contribution in [0.2, 0.25) is 0 Å². The highest BCUT2D eigenvalue weighted by Crippen LogP contribution is 2.17. The number of nitrogens with one attached hydrogen (secondary N) is 1. The average molecular weight is 274 g/mol. The summed E-state index contributed by atoms with van der Waals surface area (Å²) in [6.07, 6.45) is 3.21. The number of aryl methyl sites for hydroxylation is 2. The van der Waals surface area contributed by atoms with Gasteiger partial charge in [-0.25, -0.2) is 0 Å². The fourth-order valence-corrected chi connectivity index (χ4v) is 2.46. The van der Waals surface area contributed by atoms with Crippen LogP contribution in [0.15, 0.2) is 18.2 Å². The largest absolute Gasteiger partial charge is 0.342 e. The summed E-state index contributed by atoms with van der Waals surface area (Å²) in [5, 5.41) is 2.83. The molecule has 1 aliphatic rings. The fraction of sp³-hybridized carbons (Fsp3) is 0.500. The van der Waals surface area contributed by atoms with Crippen molar-refractivity contribution in [3.63, 3.8) is 0 Å². The molecule has 0 aromatic heterocycles. The van der Waals surface area contributed by atoms with Gasteiger partial charge < -0.3 is 10.2 Å². The molecule has 20 heavy (non-hydrogen) atoms. The number of piperidine rings is 1. The van der Waals surface area contributed by atoms with E-state index in [1.165, 1.54) is 6.42 Å². The summed E-state index contributed by atoms with van der Waals surface area (Å²) in [5.41, 5.74) is 2.89. The summed E-state index contributed by atoms with van der Waals surface area (Å²) in [4.78, 5) is 25.8. The number of carbonyl (C=O) groups is 2. The average Bonchev–Trinajstić information content (AvgIpc) is 2.43. The van der Waals surface area contributed by atoms with E-state index in [9.17, 15) is 9.59 Å². The third-order valence-electron chi connectivity index (χ3n) is 3.69. The zero-order valence-electron chi connectivity index (χ0n) is 12.2. The Morgan fingerprint density at radius 2 is 1.85 bits per heavy atom. The molecular formula is C16H22N2O2. The molecule has 2 rings (SSSR count). The number of hydrogen-bond acceptors (Lipinski definition) is 2. The van der Waals surface area contributed by atoms with Gasteiger partial charge in [-0.1, -0.05) is 12.1 Å². The molecule has 1 aliphatic heterocycles. The van der Waals surface area contributed by atoms with E-state index in [2.05, 4.69) is 5.32 Å². The highest BCUT2D eigenvalue weighted by atomic mass is 16.2. The normalized spacial score (nSPS) is 15.0. The summed E-state index contributed by atoms with van der Waals surface area (Å²) in [6, 6.07) is 5.90. The summed E-state index contributed by atoms with van der Waals surface area (Å²) in [7, 11) is 0. The topological polar surface area (TPSA) is 49.4 Å². The van der Waals surface area contributed by atoms with Gasteiger partial charge in [-0.15, -0.1) is 0 Å². The molecule has 1 fully saturated rings. The molecule has 2 amide bonds. The van der Waals surface area contributed by atoms with Crippen LogP contribution < -0.4 is 5.32 Å². The van der Waals surface area contributed by atoms with Gasteiger partial charge in [-0.05, 0) is 50.3 Å². The van der Waals surface area contributed by atoms with Gasteiger partial charge in [0.25, 0.3) is 0 Å². The van der Waals surface area contributed by atoms with E-state index in [1.54, 1.807) is 4.90 Å². The lowest BCUT2D eigenvalue weighted by Crippen LogP contribution is -2.37. The number of rotatable bonds is 3. The first-order chi connectivity index (χ1) is 9.56. The van der Waals surface area contributed by atoms with Crippen molar-refractivity contribution in [2.24, 2.45) is 0 Å². The van der Waals surface area contributed by atoms with E-state index >= 15 is 0 Å². The number of carbonyl (C=O) groups excluding carboxylic acids is 2. The number of anilines is 1. The molecule has 4 heteroatoms. The number of amides is 2. The lowest BCUT2D eigenvalue weighted by atomic mass is 10.1. The molecule has 0 unspecified atom stereocenters. The van der Waals surface area contributed by atoms with Crippen molar-refractivity contribution < 1.29 is 9.59 Å². The van der Waals surface area contributed by atoms with Gasteiger partial charge in [-0.2, -0.15) is 0 Å². The Hall–Kier alpha value is -1.84. The van der Waals surface area contributed by atoms with Crippen LogP contribution in [0.4, 0.5) is 5.69 Å². The van der Waals surface area contributed by atoms with Gasteiger partial charge in [0.05, 0.1) is 0 Å². The van der Waals surface area contributed by atoms with Gasteiger partial charge in [0.1, 0.15) is 6.42 Å². The molecule has 4 nitrogen and oxygen atoms in total. The molecule has 0 spiro atoms. The molecule has 1 heterocycles. The second-order valence-corrected chi connectivity index (χ2v) is 5.48. The minimum atomic E-state index is -0.228. The van der Waals surface area contributed by atoms with Crippen LogP contribution >= 0.6 is 0 Å². The number of benzene rings is 1. The summed E-state index contributed by atoms with van der Waals surface area (Å²) < 4.78 is 0. The second kappa shape index (κ2) is 6.55. The van der Waals surface area contributed by atoms with E-state index in [4.69, 9.17) is 0 Å². The Balaban J connectivity index is 1.91. The monoisotopic (exact) mass is 274 g/mol. The summed E-state index contributed by atoms with van der Waals surface area (Å²) in [5.74, 6) is -0.290. The van der Waals surface area contributed by atoms with E-state index in [0.29, 0.717) is 0 Å². The van der Waals surface area contributed by atoms with Gasteiger partial charge in [0, 0.05) is 18.8 Å². The molecule has 1 saturated heterocycles. The van der Waals surface area contributed by atoms with Crippen molar-refractivity contribution in [3.05, 3.63) is 29.3 Å². The molecule has 0 radical (unpaired) electrons. The molecule has 0 aliphatic carbocycles. The van der Waals surface area contributed by atoms with Gasteiger partial charge in [-0.3, -0.25) is 9.59 Å². The highest BCUT2D eigenvalue weighted by Gasteiger charge is 2.19. The second-order valence-electron chi connectivity index (χ2n) is 5.48. The predicted molar refractivity (Wildman–Crippen MR) is 79.6 cm³/mol. The molecule has 0 bridgehead atoms. The minimum Gasteiger partial charge on any atom is -0.342 e. The van der Waals surface area contributed by atoms with Crippen molar-refractivity contribution in [3.8, 4) is 0 Å². The third kappa shape index (κ3) is 3.83. The van der Waals surface area contributed by atoms with Crippen LogP contribution in [0.3, 0.4) is 0 Å². The quantitative estimate of drug-likeness (QED) is 0.861. The number of likely N-dealkylation sites (tertiary alicyclic amines) is 1.